The lowest BCUT2D eigenvalue weighted by molar-refractivity contribution is 0.259. The van der Waals surface area contributed by atoms with E-state index in [1.54, 1.807) is 0 Å². The Morgan fingerprint density at radius 2 is 1.94 bits per heavy atom. The molecular formula is C13H15N3O. The zero-order valence-electron chi connectivity index (χ0n) is 9.67. The van der Waals surface area contributed by atoms with E-state index >= 15 is 0 Å². The molecule has 2 aromatic rings. The SMILES string of the molecule is O=c1cnn(CN2CCCC2)c2ccccc12. The molecular weight excluding hydrogens is 214 g/mol. The number of benzene rings is 1. The Balaban J connectivity index is 2.04. The monoisotopic (exact) mass is 229 g/mol. The molecule has 0 saturated carbocycles. The first kappa shape index (κ1) is 10.5. The molecule has 0 amide bonds. The summed E-state index contributed by atoms with van der Waals surface area (Å²) < 4.78 is 1.92. The van der Waals surface area contributed by atoms with E-state index < -0.39 is 0 Å². The predicted molar refractivity (Wildman–Crippen MR) is 66.8 cm³/mol. The van der Waals surface area contributed by atoms with Gasteiger partial charge in [-0.1, -0.05) is 12.1 Å². The minimum Gasteiger partial charge on any atom is -0.287 e. The fraction of sp³-hybridized carbons (Fsp3) is 0.385. The van der Waals surface area contributed by atoms with Gasteiger partial charge < -0.3 is 0 Å². The first-order valence-electron chi connectivity index (χ1n) is 6.02. The van der Waals surface area contributed by atoms with Gasteiger partial charge in [0.15, 0.2) is 0 Å². The van der Waals surface area contributed by atoms with Crippen molar-refractivity contribution in [3.63, 3.8) is 0 Å². The average Bonchev–Trinajstić information content (AvgIpc) is 2.86. The van der Waals surface area contributed by atoms with Gasteiger partial charge >= 0.3 is 0 Å². The molecule has 1 aromatic carbocycles. The third-order valence-corrected chi connectivity index (χ3v) is 3.29. The van der Waals surface area contributed by atoms with Crippen molar-refractivity contribution in [2.75, 3.05) is 13.1 Å². The first-order chi connectivity index (χ1) is 8.34. The van der Waals surface area contributed by atoms with Gasteiger partial charge in [-0.15, -0.1) is 0 Å². The van der Waals surface area contributed by atoms with Crippen LogP contribution in [0.15, 0.2) is 35.3 Å². The van der Waals surface area contributed by atoms with Gasteiger partial charge in [0.1, 0.15) is 0 Å². The van der Waals surface area contributed by atoms with Gasteiger partial charge in [-0.05, 0) is 38.1 Å². The van der Waals surface area contributed by atoms with E-state index in [-0.39, 0.29) is 5.43 Å². The van der Waals surface area contributed by atoms with Crippen LogP contribution in [0.5, 0.6) is 0 Å². The fourth-order valence-electron chi connectivity index (χ4n) is 2.39. The number of hydrogen-bond donors (Lipinski definition) is 0. The standard InChI is InChI=1S/C13H15N3O/c17-13-9-14-16(10-15-7-3-4-8-15)12-6-2-1-5-11(12)13/h1-2,5-6,9H,3-4,7-8,10H2. The Labute approximate surface area is 99.5 Å². The average molecular weight is 229 g/mol. The van der Waals surface area contributed by atoms with Crippen molar-refractivity contribution in [3.05, 3.63) is 40.7 Å². The van der Waals surface area contributed by atoms with Gasteiger partial charge in [0.25, 0.3) is 0 Å². The second kappa shape index (κ2) is 4.30. The molecule has 1 saturated heterocycles. The number of hydrogen-bond acceptors (Lipinski definition) is 3. The summed E-state index contributed by atoms with van der Waals surface area (Å²) >= 11 is 0. The highest BCUT2D eigenvalue weighted by Crippen LogP contribution is 2.12. The number of rotatable bonds is 2. The highest BCUT2D eigenvalue weighted by atomic mass is 16.1. The molecule has 0 spiro atoms. The topological polar surface area (TPSA) is 38.1 Å². The summed E-state index contributed by atoms with van der Waals surface area (Å²) in [6, 6.07) is 7.66. The Morgan fingerprint density at radius 1 is 1.18 bits per heavy atom. The van der Waals surface area contributed by atoms with Crippen molar-refractivity contribution < 1.29 is 0 Å². The summed E-state index contributed by atoms with van der Waals surface area (Å²) in [6.07, 6.45) is 3.94. The zero-order valence-corrected chi connectivity index (χ0v) is 9.67. The Morgan fingerprint density at radius 3 is 2.76 bits per heavy atom. The van der Waals surface area contributed by atoms with Crippen LogP contribution in [0, 0.1) is 0 Å². The molecule has 4 heteroatoms. The van der Waals surface area contributed by atoms with Crippen LogP contribution in [0.2, 0.25) is 0 Å². The molecule has 17 heavy (non-hydrogen) atoms. The minimum absolute atomic E-state index is 0.00160. The van der Waals surface area contributed by atoms with Crippen molar-refractivity contribution >= 4 is 10.9 Å². The van der Waals surface area contributed by atoms with Crippen molar-refractivity contribution in [1.29, 1.82) is 0 Å². The van der Waals surface area contributed by atoms with Crippen LogP contribution < -0.4 is 5.43 Å². The van der Waals surface area contributed by atoms with Gasteiger partial charge in [0, 0.05) is 5.39 Å². The predicted octanol–water partition coefficient (Wildman–Crippen LogP) is 1.45. The van der Waals surface area contributed by atoms with E-state index in [0.29, 0.717) is 0 Å². The van der Waals surface area contributed by atoms with Gasteiger partial charge in [0.05, 0.1) is 18.4 Å². The van der Waals surface area contributed by atoms with E-state index in [4.69, 9.17) is 0 Å². The number of fused-ring (bicyclic) bond motifs is 1. The maximum absolute atomic E-state index is 11.7. The summed E-state index contributed by atoms with van der Waals surface area (Å²) in [4.78, 5) is 14.0. The van der Waals surface area contributed by atoms with Crippen LogP contribution in [-0.4, -0.2) is 27.8 Å². The van der Waals surface area contributed by atoms with Gasteiger partial charge in [0.2, 0.25) is 5.43 Å². The lowest BCUT2D eigenvalue weighted by Crippen LogP contribution is -2.25. The molecule has 4 nitrogen and oxygen atoms in total. The quantitative estimate of drug-likeness (QED) is 0.782. The summed E-state index contributed by atoms with van der Waals surface area (Å²) in [7, 11) is 0. The van der Waals surface area contributed by atoms with Gasteiger partial charge in [-0.25, -0.2) is 0 Å². The first-order valence-corrected chi connectivity index (χ1v) is 6.02. The van der Waals surface area contributed by atoms with Gasteiger partial charge in [-0.2, -0.15) is 5.10 Å². The molecule has 0 bridgehead atoms. The van der Waals surface area contributed by atoms with Crippen LogP contribution in [-0.2, 0) is 6.67 Å². The summed E-state index contributed by atoms with van der Waals surface area (Å²) in [6.45, 7) is 3.03. The molecule has 3 rings (SSSR count). The van der Waals surface area contributed by atoms with Crippen LogP contribution in [0.4, 0.5) is 0 Å². The maximum atomic E-state index is 11.7. The number of para-hydroxylation sites is 1. The minimum atomic E-state index is -0.00160. The van der Waals surface area contributed by atoms with Crippen molar-refractivity contribution in [2.45, 2.75) is 19.5 Å². The van der Waals surface area contributed by atoms with Crippen molar-refractivity contribution in [1.82, 2.24) is 14.7 Å². The van der Waals surface area contributed by atoms with E-state index in [0.717, 1.165) is 30.7 Å². The molecule has 0 unspecified atom stereocenters. The highest BCUT2D eigenvalue weighted by Gasteiger charge is 2.13. The van der Waals surface area contributed by atoms with Crippen LogP contribution in [0.1, 0.15) is 12.8 Å². The molecule has 0 atom stereocenters. The van der Waals surface area contributed by atoms with Gasteiger partial charge in [-0.3, -0.25) is 14.4 Å². The summed E-state index contributed by atoms with van der Waals surface area (Å²) in [5.74, 6) is 0. The van der Waals surface area contributed by atoms with E-state index in [9.17, 15) is 4.79 Å². The normalized spacial score (nSPS) is 16.7. The Kier molecular flexibility index (Phi) is 2.65. The third-order valence-electron chi connectivity index (χ3n) is 3.29. The molecule has 2 heterocycles. The van der Waals surface area contributed by atoms with Crippen LogP contribution >= 0.6 is 0 Å². The molecule has 0 N–H and O–H groups in total. The molecule has 0 radical (unpaired) electrons. The fourth-order valence-corrected chi connectivity index (χ4v) is 2.39. The van der Waals surface area contributed by atoms with Crippen LogP contribution in [0.25, 0.3) is 10.9 Å². The van der Waals surface area contributed by atoms with Crippen molar-refractivity contribution in [2.24, 2.45) is 0 Å². The van der Waals surface area contributed by atoms with Crippen molar-refractivity contribution in [3.8, 4) is 0 Å². The largest absolute Gasteiger partial charge is 0.287 e. The van der Waals surface area contributed by atoms with Crippen LogP contribution in [0.3, 0.4) is 0 Å². The Bertz CT molecular complexity index is 584. The summed E-state index contributed by atoms with van der Waals surface area (Å²) in [5.41, 5.74) is 0.921. The smallest absolute Gasteiger partial charge is 0.207 e. The van der Waals surface area contributed by atoms with E-state index in [2.05, 4.69) is 10.00 Å². The number of likely N-dealkylation sites (tertiary alicyclic amines) is 1. The Hall–Kier alpha value is -1.68. The third kappa shape index (κ3) is 1.96. The molecule has 1 aliphatic heterocycles. The number of aromatic nitrogens is 2. The molecule has 1 fully saturated rings. The summed E-state index contributed by atoms with van der Waals surface area (Å²) in [5, 5.41) is 4.98. The number of nitrogens with zero attached hydrogens (tertiary/aromatic N) is 3. The highest BCUT2D eigenvalue weighted by molar-refractivity contribution is 5.77. The second-order valence-electron chi connectivity index (χ2n) is 4.49. The molecule has 1 aliphatic rings. The van der Waals surface area contributed by atoms with E-state index in [1.807, 2.05) is 28.9 Å². The molecule has 88 valence electrons. The lowest BCUT2D eigenvalue weighted by Gasteiger charge is -2.17. The maximum Gasteiger partial charge on any atom is 0.207 e. The zero-order chi connectivity index (χ0) is 11.7. The molecule has 0 aliphatic carbocycles. The lowest BCUT2D eigenvalue weighted by atomic mass is 10.2. The molecule has 1 aromatic heterocycles. The second-order valence-corrected chi connectivity index (χ2v) is 4.49. The van der Waals surface area contributed by atoms with E-state index in [1.165, 1.54) is 19.0 Å².